The Labute approximate surface area is 359 Å². The predicted molar refractivity (Wildman–Crippen MR) is 234 cm³/mol. The van der Waals surface area contributed by atoms with E-state index in [1.165, 1.54) is 19.3 Å². The number of rotatable bonds is 39. The van der Waals surface area contributed by atoms with Gasteiger partial charge in [0.05, 0.1) is 32.0 Å². The lowest BCUT2D eigenvalue weighted by molar-refractivity contribution is -0.161. The number of aliphatic hydroxyl groups is 1. The fourth-order valence-electron chi connectivity index (χ4n) is 5.62. The molecule has 1 rings (SSSR count). The van der Waals surface area contributed by atoms with Gasteiger partial charge < -0.3 is 34.0 Å². The van der Waals surface area contributed by atoms with Gasteiger partial charge in [-0.1, -0.05) is 125 Å². The highest BCUT2D eigenvalue weighted by molar-refractivity contribution is 7.47. The zero-order chi connectivity index (χ0) is 44.2. The minimum Gasteiger partial charge on any atom is -0.462 e. The largest absolute Gasteiger partial charge is 0.472 e. The summed E-state index contributed by atoms with van der Waals surface area (Å²) in [6, 6.07) is 0. The standard InChI is InChI=1S/C44H74O14P2/c1-3-5-7-8-9-10-11-12-13-14-15-19-22-25-29-33-43(46)53-37-40(38-56-60(51,52)55-36-39(45)35-54-59(48,49)50)57-44(47)34-30-26-23-20-17-16-18-21-24-28-32-42-41(58-42)31-27-6-4-2/h5,7,9-10,12-13,16,18,20,23-24,28,39-42,45H,3-4,6,8,11,14-15,17,19,21-22,25-27,29-38H2,1-2H3,(H,51,52)(H2,48,49,50)/b7-5-,10-9-,13-12-,18-16-,23-20-,28-24-/t39-,40+,41?,42?/m0/s1. The SMILES string of the molecule is CC/C=C\C/C=C\C/C=C\CCCCCCCC(=O)OC[C@H](COP(=O)(O)OC[C@@H](O)COP(=O)(O)O)OC(=O)CCC/C=C\C/C=C\C/C=C\CC1OC1CCCCC. The van der Waals surface area contributed by atoms with Gasteiger partial charge in [-0.3, -0.25) is 23.2 Å². The monoisotopic (exact) mass is 888 g/mol. The minimum absolute atomic E-state index is 0.0441. The fourth-order valence-corrected chi connectivity index (χ4v) is 6.78. The van der Waals surface area contributed by atoms with Crippen molar-refractivity contribution in [3.63, 3.8) is 0 Å². The molecule has 5 atom stereocenters. The van der Waals surface area contributed by atoms with Crippen LogP contribution in [0.25, 0.3) is 0 Å². The summed E-state index contributed by atoms with van der Waals surface area (Å²) in [6.45, 7) is 1.52. The lowest BCUT2D eigenvalue weighted by Crippen LogP contribution is -2.29. The van der Waals surface area contributed by atoms with Crippen molar-refractivity contribution in [3.05, 3.63) is 72.9 Å². The third-order valence-electron chi connectivity index (χ3n) is 8.99. The molecule has 0 amide bonds. The number of esters is 2. The normalized spacial score (nSPS) is 18.1. The molecule has 344 valence electrons. The highest BCUT2D eigenvalue weighted by atomic mass is 31.2. The molecule has 3 unspecified atom stereocenters. The second-order valence-corrected chi connectivity index (χ2v) is 17.3. The van der Waals surface area contributed by atoms with Gasteiger partial charge in [-0.15, -0.1) is 0 Å². The molecule has 0 aromatic carbocycles. The first-order chi connectivity index (χ1) is 28.8. The van der Waals surface area contributed by atoms with Gasteiger partial charge in [0.15, 0.2) is 6.10 Å². The predicted octanol–water partition coefficient (Wildman–Crippen LogP) is 9.99. The minimum atomic E-state index is -4.87. The number of epoxide rings is 1. The Hall–Kier alpha value is -2.48. The van der Waals surface area contributed by atoms with Crippen molar-refractivity contribution >= 4 is 27.6 Å². The molecule has 14 nitrogen and oxygen atoms in total. The van der Waals surface area contributed by atoms with Crippen LogP contribution in [0.1, 0.15) is 142 Å². The van der Waals surface area contributed by atoms with Crippen molar-refractivity contribution in [2.75, 3.05) is 26.4 Å². The van der Waals surface area contributed by atoms with E-state index in [0.29, 0.717) is 31.5 Å². The Bertz CT molecular complexity index is 1400. The van der Waals surface area contributed by atoms with Gasteiger partial charge in [-0.25, -0.2) is 9.13 Å². The average molecular weight is 889 g/mol. The van der Waals surface area contributed by atoms with Gasteiger partial charge in [-0.05, 0) is 77.0 Å². The van der Waals surface area contributed by atoms with E-state index in [1.54, 1.807) is 0 Å². The van der Waals surface area contributed by atoms with Gasteiger partial charge in [0.25, 0.3) is 0 Å². The molecule has 1 aliphatic rings. The average Bonchev–Trinajstić information content (AvgIpc) is 3.96. The van der Waals surface area contributed by atoms with Crippen molar-refractivity contribution in [3.8, 4) is 0 Å². The van der Waals surface area contributed by atoms with Gasteiger partial charge >= 0.3 is 27.6 Å². The van der Waals surface area contributed by atoms with Gasteiger partial charge in [0.1, 0.15) is 12.7 Å². The first kappa shape index (κ1) is 55.5. The Balaban J connectivity index is 2.41. The number of carbonyl (C=O) groups excluding carboxylic acids is 2. The quantitative estimate of drug-likeness (QED) is 0.0149. The number of allylic oxidation sites excluding steroid dienone is 11. The van der Waals surface area contributed by atoms with Crippen LogP contribution in [0.15, 0.2) is 72.9 Å². The van der Waals surface area contributed by atoms with Crippen LogP contribution in [0.3, 0.4) is 0 Å². The molecule has 0 spiro atoms. The molecule has 1 saturated heterocycles. The maximum Gasteiger partial charge on any atom is 0.472 e. The van der Waals surface area contributed by atoms with Crippen LogP contribution in [0.5, 0.6) is 0 Å². The Morgan fingerprint density at radius 2 is 1.15 bits per heavy atom. The number of phosphoric acid groups is 2. The molecule has 0 aliphatic carbocycles. The molecule has 0 aromatic heterocycles. The maximum atomic E-state index is 12.7. The van der Waals surface area contributed by atoms with Crippen LogP contribution in [-0.4, -0.2) is 82.6 Å². The summed E-state index contributed by atoms with van der Waals surface area (Å²) < 4.78 is 53.4. The third-order valence-corrected chi connectivity index (χ3v) is 10.4. The molecule has 60 heavy (non-hydrogen) atoms. The number of unbranched alkanes of at least 4 members (excludes halogenated alkanes) is 8. The Morgan fingerprint density at radius 3 is 1.80 bits per heavy atom. The molecule has 1 aliphatic heterocycles. The van der Waals surface area contributed by atoms with Crippen molar-refractivity contribution in [1.29, 1.82) is 0 Å². The summed E-state index contributed by atoms with van der Waals surface area (Å²) in [6.07, 6.45) is 40.8. The van der Waals surface area contributed by atoms with E-state index in [9.17, 15) is 28.7 Å². The van der Waals surface area contributed by atoms with Crippen molar-refractivity contribution in [1.82, 2.24) is 0 Å². The van der Waals surface area contributed by atoms with E-state index in [-0.39, 0.29) is 12.8 Å². The van der Waals surface area contributed by atoms with Crippen LogP contribution in [0.4, 0.5) is 0 Å². The van der Waals surface area contributed by atoms with E-state index in [2.05, 4.69) is 83.7 Å². The maximum absolute atomic E-state index is 12.7. The lowest BCUT2D eigenvalue weighted by atomic mass is 10.1. The van der Waals surface area contributed by atoms with Crippen molar-refractivity contribution < 1.29 is 66.3 Å². The number of hydrogen-bond donors (Lipinski definition) is 4. The van der Waals surface area contributed by atoms with E-state index in [4.69, 9.17) is 28.5 Å². The summed E-state index contributed by atoms with van der Waals surface area (Å²) in [4.78, 5) is 52.7. The first-order valence-corrected chi connectivity index (χ1v) is 24.8. The van der Waals surface area contributed by atoms with Crippen molar-refractivity contribution in [2.24, 2.45) is 0 Å². The van der Waals surface area contributed by atoms with E-state index >= 15 is 0 Å². The molecular weight excluding hydrogens is 814 g/mol. The summed E-state index contributed by atoms with van der Waals surface area (Å²) >= 11 is 0. The third kappa shape index (κ3) is 36.2. The molecule has 16 heteroatoms. The molecule has 0 saturated carbocycles. The molecular formula is C44H74O14P2. The van der Waals surface area contributed by atoms with Crippen LogP contribution >= 0.6 is 15.6 Å². The number of carbonyl (C=O) groups is 2. The van der Waals surface area contributed by atoms with Crippen molar-refractivity contribution in [2.45, 2.75) is 167 Å². The molecule has 0 radical (unpaired) electrons. The number of hydrogen-bond acceptors (Lipinski definition) is 11. The number of ether oxygens (including phenoxy) is 3. The summed E-state index contributed by atoms with van der Waals surface area (Å²) in [5.41, 5.74) is 0. The Kier molecular flexibility index (Phi) is 33.4. The van der Waals surface area contributed by atoms with Gasteiger partial charge in [0.2, 0.25) is 0 Å². The summed E-state index contributed by atoms with van der Waals surface area (Å²) in [5.74, 6) is -1.13. The van der Waals surface area contributed by atoms with Gasteiger partial charge in [-0.2, -0.15) is 0 Å². The summed E-state index contributed by atoms with van der Waals surface area (Å²) in [7, 11) is -9.71. The highest BCUT2D eigenvalue weighted by Gasteiger charge is 2.36. The highest BCUT2D eigenvalue weighted by Crippen LogP contribution is 2.44. The lowest BCUT2D eigenvalue weighted by Gasteiger charge is -2.20. The summed E-state index contributed by atoms with van der Waals surface area (Å²) in [5, 5.41) is 9.74. The van der Waals surface area contributed by atoms with E-state index in [0.717, 1.165) is 77.0 Å². The zero-order valence-electron chi connectivity index (χ0n) is 36.0. The van der Waals surface area contributed by atoms with Crippen LogP contribution in [0, 0.1) is 0 Å². The van der Waals surface area contributed by atoms with Crippen LogP contribution in [-0.2, 0) is 46.5 Å². The van der Waals surface area contributed by atoms with E-state index < -0.39 is 66.2 Å². The fraction of sp³-hybridized carbons (Fsp3) is 0.682. The molecule has 4 N–H and O–H groups in total. The van der Waals surface area contributed by atoms with Gasteiger partial charge in [0, 0.05) is 12.8 Å². The number of phosphoric ester groups is 2. The molecule has 0 aromatic rings. The first-order valence-electron chi connectivity index (χ1n) is 21.8. The Morgan fingerprint density at radius 1 is 0.600 bits per heavy atom. The zero-order valence-corrected chi connectivity index (χ0v) is 37.8. The van der Waals surface area contributed by atoms with Crippen LogP contribution in [0.2, 0.25) is 0 Å². The van der Waals surface area contributed by atoms with E-state index in [1.807, 2.05) is 12.2 Å². The smallest absolute Gasteiger partial charge is 0.462 e. The molecule has 0 bridgehead atoms. The topological polar surface area (TPSA) is 208 Å². The van der Waals surface area contributed by atoms with Crippen LogP contribution < -0.4 is 0 Å². The molecule has 1 fully saturated rings. The second kappa shape index (κ2) is 36.0. The second-order valence-electron chi connectivity index (χ2n) is 14.6. The molecule has 1 heterocycles. The number of aliphatic hydroxyl groups excluding tert-OH is 1.